The fraction of sp³-hybridized carbons (Fsp3) is 0.556. The molecule has 1 aromatic rings. The average molecular weight is 246 g/mol. The Labute approximate surface area is 93.5 Å². The second kappa shape index (κ2) is 3.86. The highest BCUT2D eigenvalue weighted by atomic mass is 32.2. The molecule has 0 atom stereocenters. The van der Waals surface area contributed by atoms with Crippen molar-refractivity contribution in [2.24, 2.45) is 5.14 Å². The number of hydrogen-bond donors (Lipinski definition) is 2. The normalized spacial score (nSPS) is 16.9. The molecule has 1 aliphatic carbocycles. The molecule has 1 heterocycles. The van der Waals surface area contributed by atoms with Crippen molar-refractivity contribution in [1.82, 2.24) is 5.32 Å². The highest BCUT2D eigenvalue weighted by Crippen LogP contribution is 2.27. The number of rotatable bonds is 4. The van der Waals surface area contributed by atoms with Crippen molar-refractivity contribution in [3.63, 3.8) is 0 Å². The van der Waals surface area contributed by atoms with E-state index in [0.717, 1.165) is 10.4 Å². The standard InChI is InChI=1S/C9H14N2O2S2/c1-6-5-14-8(4-11-7-2-3-7)9(6)15(10,12)13/h5,7,11H,2-4H2,1H3,(H2,10,12,13). The first kappa shape index (κ1) is 11.1. The van der Waals surface area contributed by atoms with Crippen LogP contribution in [0.3, 0.4) is 0 Å². The summed E-state index contributed by atoms with van der Waals surface area (Å²) in [6.07, 6.45) is 2.38. The number of nitrogens with two attached hydrogens (primary N) is 1. The summed E-state index contributed by atoms with van der Waals surface area (Å²) in [7, 11) is -3.58. The summed E-state index contributed by atoms with van der Waals surface area (Å²) in [4.78, 5) is 1.13. The van der Waals surface area contributed by atoms with Crippen LogP contribution in [0.25, 0.3) is 0 Å². The molecule has 6 heteroatoms. The summed E-state index contributed by atoms with van der Waals surface area (Å²) in [6.45, 7) is 2.38. The first-order chi connectivity index (χ1) is 6.98. The van der Waals surface area contributed by atoms with Gasteiger partial charge in [0.1, 0.15) is 0 Å². The van der Waals surface area contributed by atoms with E-state index in [1.54, 1.807) is 6.92 Å². The quantitative estimate of drug-likeness (QED) is 0.831. The number of primary sulfonamides is 1. The van der Waals surface area contributed by atoms with Crippen molar-refractivity contribution >= 4 is 21.4 Å². The van der Waals surface area contributed by atoms with Gasteiger partial charge in [0.25, 0.3) is 0 Å². The molecule has 84 valence electrons. The summed E-state index contributed by atoms with van der Waals surface area (Å²) in [5.41, 5.74) is 0.745. The minimum absolute atomic E-state index is 0.306. The van der Waals surface area contributed by atoms with Crippen molar-refractivity contribution in [3.05, 3.63) is 15.8 Å². The first-order valence-corrected chi connectivity index (χ1v) is 7.24. The zero-order valence-electron chi connectivity index (χ0n) is 8.49. The van der Waals surface area contributed by atoms with Crippen LogP contribution in [-0.2, 0) is 16.6 Å². The molecule has 0 unspecified atom stereocenters. The van der Waals surface area contributed by atoms with Gasteiger partial charge in [-0.2, -0.15) is 0 Å². The maximum Gasteiger partial charge on any atom is 0.239 e. The van der Waals surface area contributed by atoms with Crippen LogP contribution in [0.5, 0.6) is 0 Å². The molecule has 3 N–H and O–H groups in total. The lowest BCUT2D eigenvalue weighted by Crippen LogP contribution is -2.19. The van der Waals surface area contributed by atoms with Gasteiger partial charge in [0, 0.05) is 17.5 Å². The highest BCUT2D eigenvalue weighted by molar-refractivity contribution is 7.89. The molecule has 0 saturated heterocycles. The summed E-state index contributed by atoms with van der Waals surface area (Å²) in [5, 5.41) is 10.3. The second-order valence-electron chi connectivity index (χ2n) is 3.87. The van der Waals surface area contributed by atoms with Gasteiger partial charge in [-0.05, 0) is 30.7 Å². The van der Waals surface area contributed by atoms with Crippen LogP contribution in [0.15, 0.2) is 10.3 Å². The lowest BCUT2D eigenvalue weighted by molar-refractivity contribution is 0.595. The number of nitrogens with one attached hydrogen (secondary N) is 1. The SMILES string of the molecule is Cc1csc(CNC2CC2)c1S(N)(=O)=O. The summed E-state index contributed by atoms with van der Waals surface area (Å²) in [5.74, 6) is 0. The van der Waals surface area contributed by atoms with Gasteiger partial charge in [0.15, 0.2) is 0 Å². The fourth-order valence-corrected chi connectivity index (χ4v) is 3.85. The van der Waals surface area contributed by atoms with E-state index in [4.69, 9.17) is 5.14 Å². The molecular weight excluding hydrogens is 232 g/mol. The van der Waals surface area contributed by atoms with Gasteiger partial charge in [0.05, 0.1) is 4.90 Å². The molecule has 4 nitrogen and oxygen atoms in total. The van der Waals surface area contributed by atoms with E-state index in [9.17, 15) is 8.42 Å². The summed E-state index contributed by atoms with van der Waals surface area (Å²) in [6, 6.07) is 0.570. The molecule has 1 saturated carbocycles. The minimum Gasteiger partial charge on any atom is -0.309 e. The van der Waals surface area contributed by atoms with E-state index in [-0.39, 0.29) is 0 Å². The molecule has 1 fully saturated rings. The largest absolute Gasteiger partial charge is 0.309 e. The highest BCUT2D eigenvalue weighted by Gasteiger charge is 2.23. The number of aryl methyl sites for hydroxylation is 1. The van der Waals surface area contributed by atoms with E-state index >= 15 is 0 Å². The monoisotopic (exact) mass is 246 g/mol. The molecule has 15 heavy (non-hydrogen) atoms. The lowest BCUT2D eigenvalue weighted by Gasteiger charge is -2.04. The van der Waals surface area contributed by atoms with Crippen LogP contribution >= 0.6 is 11.3 Å². The molecule has 2 rings (SSSR count). The Morgan fingerprint density at radius 1 is 1.60 bits per heavy atom. The Kier molecular flexibility index (Phi) is 2.85. The van der Waals surface area contributed by atoms with Gasteiger partial charge in [-0.25, -0.2) is 13.6 Å². The van der Waals surface area contributed by atoms with Crippen LogP contribution in [0.4, 0.5) is 0 Å². The molecule has 1 aliphatic rings. The first-order valence-electron chi connectivity index (χ1n) is 4.81. The number of hydrogen-bond acceptors (Lipinski definition) is 4. The van der Waals surface area contributed by atoms with Gasteiger partial charge in [-0.3, -0.25) is 0 Å². The molecule has 0 spiro atoms. The van der Waals surface area contributed by atoms with Crippen LogP contribution in [0.2, 0.25) is 0 Å². The summed E-state index contributed by atoms with van der Waals surface area (Å²) >= 11 is 1.45. The van der Waals surface area contributed by atoms with E-state index in [2.05, 4.69) is 5.32 Å². The summed E-state index contributed by atoms with van der Waals surface area (Å²) < 4.78 is 22.7. The number of sulfonamides is 1. The topological polar surface area (TPSA) is 72.2 Å². The van der Waals surface area contributed by atoms with Crippen molar-refractivity contribution in [2.45, 2.75) is 37.2 Å². The second-order valence-corrected chi connectivity index (χ2v) is 6.33. The predicted octanol–water partition coefficient (Wildman–Crippen LogP) is 0.956. The molecular formula is C9H14N2O2S2. The third kappa shape index (κ3) is 2.57. The Hall–Kier alpha value is -0.430. The Balaban J connectivity index is 2.22. The van der Waals surface area contributed by atoms with Crippen LogP contribution < -0.4 is 10.5 Å². The van der Waals surface area contributed by atoms with Crippen LogP contribution in [0, 0.1) is 6.92 Å². The van der Waals surface area contributed by atoms with E-state index in [0.29, 0.717) is 17.5 Å². The van der Waals surface area contributed by atoms with Gasteiger partial charge < -0.3 is 5.32 Å². The van der Waals surface area contributed by atoms with Gasteiger partial charge in [-0.15, -0.1) is 11.3 Å². The van der Waals surface area contributed by atoms with Gasteiger partial charge in [0.2, 0.25) is 10.0 Å². The van der Waals surface area contributed by atoms with Crippen molar-refractivity contribution in [2.75, 3.05) is 0 Å². The van der Waals surface area contributed by atoms with E-state index in [1.807, 2.05) is 5.38 Å². The molecule has 0 amide bonds. The maximum atomic E-state index is 11.4. The molecule has 0 bridgehead atoms. The van der Waals surface area contributed by atoms with Crippen molar-refractivity contribution in [3.8, 4) is 0 Å². The number of thiophene rings is 1. The zero-order valence-corrected chi connectivity index (χ0v) is 10.1. The lowest BCUT2D eigenvalue weighted by atomic mass is 10.3. The van der Waals surface area contributed by atoms with Gasteiger partial charge >= 0.3 is 0 Å². The van der Waals surface area contributed by atoms with Crippen molar-refractivity contribution < 1.29 is 8.42 Å². The third-order valence-electron chi connectivity index (χ3n) is 2.40. The fourth-order valence-electron chi connectivity index (χ4n) is 1.52. The molecule has 0 aliphatic heterocycles. The van der Waals surface area contributed by atoms with Crippen LogP contribution in [-0.4, -0.2) is 14.5 Å². The average Bonchev–Trinajstić information content (AvgIpc) is 2.85. The minimum atomic E-state index is -3.58. The van der Waals surface area contributed by atoms with Gasteiger partial charge in [-0.1, -0.05) is 0 Å². The molecule has 0 radical (unpaired) electrons. The third-order valence-corrected chi connectivity index (χ3v) is 4.77. The maximum absolute atomic E-state index is 11.4. The Morgan fingerprint density at radius 2 is 2.27 bits per heavy atom. The zero-order chi connectivity index (χ0) is 11.1. The Morgan fingerprint density at radius 3 is 2.80 bits per heavy atom. The van der Waals surface area contributed by atoms with Crippen molar-refractivity contribution in [1.29, 1.82) is 0 Å². The Bertz CT molecular complexity index is 460. The van der Waals surface area contributed by atoms with E-state index < -0.39 is 10.0 Å². The smallest absolute Gasteiger partial charge is 0.239 e. The molecule has 1 aromatic heterocycles. The van der Waals surface area contributed by atoms with Crippen LogP contribution in [0.1, 0.15) is 23.3 Å². The molecule has 0 aromatic carbocycles. The predicted molar refractivity (Wildman–Crippen MR) is 60.3 cm³/mol. The van der Waals surface area contributed by atoms with E-state index in [1.165, 1.54) is 24.2 Å².